The maximum atomic E-state index is 12.4. The lowest BCUT2D eigenvalue weighted by Crippen LogP contribution is -2.30. The summed E-state index contributed by atoms with van der Waals surface area (Å²) in [6, 6.07) is 10.3. The molecule has 142 valence electrons. The highest BCUT2D eigenvalue weighted by Crippen LogP contribution is 2.28. The molecule has 0 saturated heterocycles. The van der Waals surface area contributed by atoms with Crippen LogP contribution in [0.5, 0.6) is 0 Å². The molecule has 2 aromatic carbocycles. The van der Waals surface area contributed by atoms with Gasteiger partial charge in [0.05, 0.1) is 16.4 Å². The van der Waals surface area contributed by atoms with E-state index >= 15 is 0 Å². The Morgan fingerprint density at radius 3 is 2.37 bits per heavy atom. The minimum absolute atomic E-state index is 0.0536. The van der Waals surface area contributed by atoms with E-state index in [1.54, 1.807) is 5.32 Å². The van der Waals surface area contributed by atoms with Gasteiger partial charge < -0.3 is 5.32 Å². The van der Waals surface area contributed by atoms with Crippen molar-refractivity contribution < 1.29 is 18.0 Å². The van der Waals surface area contributed by atoms with Crippen LogP contribution in [0, 0.1) is 0 Å². The zero-order chi connectivity index (χ0) is 19.6. The standard InChI is InChI=1S/C18H16ClF3N4O/c1-2-3-4-11-5-7-12(8-6-11)26-24-15-9-13(19)14(10-16(15)25-26)23-17(27)18(20,21)22/h5-10H,2-4H2,1H3,(H,23,27). The average Bonchev–Trinajstić information content (AvgIpc) is 3.02. The zero-order valence-corrected chi connectivity index (χ0v) is 15.1. The molecule has 0 atom stereocenters. The van der Waals surface area contributed by atoms with Gasteiger partial charge in [0.2, 0.25) is 0 Å². The maximum Gasteiger partial charge on any atom is 0.471 e. The van der Waals surface area contributed by atoms with Crippen LogP contribution in [0.4, 0.5) is 18.9 Å². The predicted octanol–water partition coefficient (Wildman–Crippen LogP) is 4.92. The number of aryl methyl sites for hydroxylation is 1. The largest absolute Gasteiger partial charge is 0.471 e. The van der Waals surface area contributed by atoms with Crippen LogP contribution in [0.3, 0.4) is 0 Å². The molecule has 1 heterocycles. The molecule has 0 aliphatic rings. The fourth-order valence-corrected chi connectivity index (χ4v) is 2.72. The van der Waals surface area contributed by atoms with Gasteiger partial charge in [-0.15, -0.1) is 10.2 Å². The molecule has 0 bridgehead atoms. The molecule has 1 aromatic heterocycles. The molecule has 1 amide bonds. The van der Waals surface area contributed by atoms with Crippen molar-refractivity contribution in [3.63, 3.8) is 0 Å². The molecule has 0 spiro atoms. The van der Waals surface area contributed by atoms with Crippen molar-refractivity contribution in [2.75, 3.05) is 5.32 Å². The lowest BCUT2D eigenvalue weighted by molar-refractivity contribution is -0.167. The first-order valence-corrected chi connectivity index (χ1v) is 8.70. The first-order chi connectivity index (χ1) is 12.8. The van der Waals surface area contributed by atoms with Crippen molar-refractivity contribution in [2.24, 2.45) is 0 Å². The molecule has 9 heteroatoms. The summed E-state index contributed by atoms with van der Waals surface area (Å²) in [6.45, 7) is 2.13. The van der Waals surface area contributed by atoms with Gasteiger partial charge in [-0.3, -0.25) is 4.79 Å². The van der Waals surface area contributed by atoms with Gasteiger partial charge in [-0.1, -0.05) is 37.1 Å². The van der Waals surface area contributed by atoms with Crippen molar-refractivity contribution in [1.29, 1.82) is 0 Å². The molecule has 3 rings (SSSR count). The van der Waals surface area contributed by atoms with Crippen LogP contribution < -0.4 is 5.32 Å². The van der Waals surface area contributed by atoms with Gasteiger partial charge in [0.15, 0.2) is 0 Å². The van der Waals surface area contributed by atoms with Crippen LogP contribution in [0.1, 0.15) is 25.3 Å². The summed E-state index contributed by atoms with van der Waals surface area (Å²) in [5.74, 6) is -2.10. The molecule has 0 unspecified atom stereocenters. The Hall–Kier alpha value is -2.61. The van der Waals surface area contributed by atoms with Gasteiger partial charge in [0, 0.05) is 0 Å². The van der Waals surface area contributed by atoms with Gasteiger partial charge in [0.1, 0.15) is 11.0 Å². The number of aromatic nitrogens is 3. The Labute approximate surface area is 158 Å². The molecular weight excluding hydrogens is 381 g/mol. The lowest BCUT2D eigenvalue weighted by Gasteiger charge is -2.08. The minimum Gasteiger partial charge on any atom is -0.317 e. The topological polar surface area (TPSA) is 59.8 Å². The maximum absolute atomic E-state index is 12.4. The lowest BCUT2D eigenvalue weighted by atomic mass is 10.1. The van der Waals surface area contributed by atoms with Crippen molar-refractivity contribution >= 4 is 34.2 Å². The number of amides is 1. The Kier molecular flexibility index (Phi) is 5.36. The highest BCUT2D eigenvalue weighted by Gasteiger charge is 2.39. The Bertz CT molecular complexity index is 967. The molecule has 1 N–H and O–H groups in total. The van der Waals surface area contributed by atoms with Crippen molar-refractivity contribution in [3.8, 4) is 5.69 Å². The van der Waals surface area contributed by atoms with Crippen molar-refractivity contribution in [3.05, 3.63) is 47.0 Å². The molecule has 5 nitrogen and oxygen atoms in total. The number of hydrogen-bond donors (Lipinski definition) is 1. The number of hydrogen-bond acceptors (Lipinski definition) is 3. The highest BCUT2D eigenvalue weighted by molar-refractivity contribution is 6.34. The van der Waals surface area contributed by atoms with Crippen LogP contribution >= 0.6 is 11.6 Å². The second kappa shape index (κ2) is 7.56. The third kappa shape index (κ3) is 4.39. The normalized spacial score (nSPS) is 11.7. The van der Waals surface area contributed by atoms with Crippen LogP contribution in [0.2, 0.25) is 5.02 Å². The number of anilines is 1. The van der Waals surface area contributed by atoms with E-state index in [4.69, 9.17) is 11.6 Å². The van der Waals surface area contributed by atoms with Crippen LogP contribution in [0.25, 0.3) is 16.7 Å². The zero-order valence-electron chi connectivity index (χ0n) is 14.3. The van der Waals surface area contributed by atoms with Gasteiger partial charge in [-0.2, -0.15) is 18.0 Å². The molecule has 0 aliphatic carbocycles. The van der Waals surface area contributed by atoms with E-state index in [9.17, 15) is 18.0 Å². The number of unbranched alkanes of at least 4 members (excludes halogenated alkanes) is 1. The average molecular weight is 397 g/mol. The second-order valence-corrected chi connectivity index (χ2v) is 6.44. The van der Waals surface area contributed by atoms with E-state index in [1.165, 1.54) is 22.5 Å². The fraction of sp³-hybridized carbons (Fsp3) is 0.278. The summed E-state index contributed by atoms with van der Waals surface area (Å²) < 4.78 is 37.3. The summed E-state index contributed by atoms with van der Waals surface area (Å²) in [4.78, 5) is 12.5. The summed E-state index contributed by atoms with van der Waals surface area (Å²) in [7, 11) is 0. The van der Waals surface area contributed by atoms with Gasteiger partial charge in [-0.25, -0.2) is 0 Å². The number of carbonyl (C=O) groups excluding carboxylic acids is 1. The van der Waals surface area contributed by atoms with E-state index in [-0.39, 0.29) is 10.7 Å². The SMILES string of the molecule is CCCCc1ccc(-n2nc3cc(Cl)c(NC(=O)C(F)(F)F)cc3n2)cc1. The molecule has 0 radical (unpaired) electrons. The number of nitrogens with one attached hydrogen (secondary N) is 1. The molecule has 3 aromatic rings. The number of halogens is 4. The third-order valence-electron chi connectivity index (χ3n) is 3.96. The van der Waals surface area contributed by atoms with Crippen molar-refractivity contribution in [1.82, 2.24) is 15.0 Å². The number of rotatable bonds is 5. The van der Waals surface area contributed by atoms with Crippen LogP contribution in [-0.4, -0.2) is 27.1 Å². The molecular formula is C18H16ClF3N4O. The number of alkyl halides is 3. The monoisotopic (exact) mass is 396 g/mol. The van der Waals surface area contributed by atoms with E-state index in [0.717, 1.165) is 19.3 Å². The van der Waals surface area contributed by atoms with E-state index in [1.807, 2.05) is 24.3 Å². The number of fused-ring (bicyclic) bond motifs is 1. The number of carbonyl (C=O) groups is 1. The highest BCUT2D eigenvalue weighted by atomic mass is 35.5. The van der Waals surface area contributed by atoms with E-state index in [2.05, 4.69) is 17.1 Å². The van der Waals surface area contributed by atoms with Crippen molar-refractivity contribution in [2.45, 2.75) is 32.4 Å². The Morgan fingerprint density at radius 2 is 1.78 bits per heavy atom. The molecule has 27 heavy (non-hydrogen) atoms. The predicted molar refractivity (Wildman–Crippen MR) is 97.2 cm³/mol. The summed E-state index contributed by atoms with van der Waals surface area (Å²) >= 11 is 5.96. The third-order valence-corrected chi connectivity index (χ3v) is 4.27. The van der Waals surface area contributed by atoms with Gasteiger partial charge >= 0.3 is 12.1 Å². The quantitative estimate of drug-likeness (QED) is 0.666. The number of benzene rings is 2. The van der Waals surface area contributed by atoms with Crippen LogP contribution in [-0.2, 0) is 11.2 Å². The molecule has 0 saturated carbocycles. The molecule has 0 aliphatic heterocycles. The van der Waals surface area contributed by atoms with Gasteiger partial charge in [-0.05, 0) is 42.7 Å². The summed E-state index contributed by atoms with van der Waals surface area (Å²) in [5, 5.41) is 10.2. The summed E-state index contributed by atoms with van der Waals surface area (Å²) in [5.41, 5.74) is 2.46. The fourth-order valence-electron chi connectivity index (χ4n) is 2.52. The van der Waals surface area contributed by atoms with Gasteiger partial charge in [0.25, 0.3) is 0 Å². The smallest absolute Gasteiger partial charge is 0.317 e. The Balaban J connectivity index is 1.88. The summed E-state index contributed by atoms with van der Waals surface area (Å²) in [6.07, 6.45) is -1.80. The second-order valence-electron chi connectivity index (χ2n) is 6.03. The molecule has 0 fully saturated rings. The number of nitrogens with zero attached hydrogens (tertiary/aromatic N) is 3. The Morgan fingerprint density at radius 1 is 1.15 bits per heavy atom. The van der Waals surface area contributed by atoms with Crippen LogP contribution in [0.15, 0.2) is 36.4 Å². The minimum atomic E-state index is -5.00. The first kappa shape index (κ1) is 19.2. The van der Waals surface area contributed by atoms with E-state index < -0.39 is 12.1 Å². The van der Waals surface area contributed by atoms with E-state index in [0.29, 0.717) is 16.7 Å². The first-order valence-electron chi connectivity index (χ1n) is 8.32.